The van der Waals surface area contributed by atoms with Gasteiger partial charge in [-0.15, -0.1) is 0 Å². The maximum absolute atomic E-state index is 12.4. The monoisotopic (exact) mass is 262 g/mol. The van der Waals surface area contributed by atoms with Crippen LogP contribution in [0.4, 0.5) is 5.69 Å². The van der Waals surface area contributed by atoms with E-state index in [9.17, 15) is 4.79 Å². The Morgan fingerprint density at radius 3 is 2.47 bits per heavy atom. The SMILES string of the molecule is CC(C)N[C@@H](Cc1ccc(N)cc1)C(=O)[C@@]1(C)CO1. The molecule has 2 atom stereocenters. The molecular weight excluding hydrogens is 240 g/mol. The topological polar surface area (TPSA) is 67.6 Å². The van der Waals surface area contributed by atoms with Crippen LogP contribution in [0, 0.1) is 0 Å². The number of rotatable bonds is 6. The quantitative estimate of drug-likeness (QED) is 0.603. The highest BCUT2D eigenvalue weighted by molar-refractivity contribution is 5.94. The Labute approximate surface area is 114 Å². The lowest BCUT2D eigenvalue weighted by Crippen LogP contribution is -2.47. The molecule has 4 nitrogen and oxygen atoms in total. The normalized spacial score (nSPS) is 23.4. The van der Waals surface area contributed by atoms with Crippen LogP contribution >= 0.6 is 0 Å². The van der Waals surface area contributed by atoms with Crippen molar-refractivity contribution < 1.29 is 9.53 Å². The predicted molar refractivity (Wildman–Crippen MR) is 76.0 cm³/mol. The number of anilines is 1. The predicted octanol–water partition coefficient (Wildman–Crippen LogP) is 1.54. The van der Waals surface area contributed by atoms with E-state index in [2.05, 4.69) is 5.32 Å². The van der Waals surface area contributed by atoms with Crippen LogP contribution in [0.5, 0.6) is 0 Å². The fourth-order valence-electron chi connectivity index (χ4n) is 2.14. The number of hydrogen-bond donors (Lipinski definition) is 2. The number of hydrogen-bond acceptors (Lipinski definition) is 4. The summed E-state index contributed by atoms with van der Waals surface area (Å²) in [6.45, 7) is 6.47. The summed E-state index contributed by atoms with van der Waals surface area (Å²) in [7, 11) is 0. The molecule has 0 aromatic heterocycles. The van der Waals surface area contributed by atoms with Crippen molar-refractivity contribution in [1.82, 2.24) is 5.32 Å². The highest BCUT2D eigenvalue weighted by Gasteiger charge is 2.49. The number of epoxide rings is 1. The van der Waals surface area contributed by atoms with Crippen LogP contribution in [0.15, 0.2) is 24.3 Å². The van der Waals surface area contributed by atoms with Crippen molar-refractivity contribution in [3.63, 3.8) is 0 Å². The Bertz CT molecular complexity index is 450. The van der Waals surface area contributed by atoms with Gasteiger partial charge < -0.3 is 15.8 Å². The van der Waals surface area contributed by atoms with Gasteiger partial charge in [-0.3, -0.25) is 4.79 Å². The third-order valence-electron chi connectivity index (χ3n) is 3.37. The number of carbonyl (C=O) groups excluding carboxylic acids is 1. The van der Waals surface area contributed by atoms with Crippen LogP contribution in [0.3, 0.4) is 0 Å². The van der Waals surface area contributed by atoms with Crippen molar-refractivity contribution in [2.45, 2.75) is 44.9 Å². The molecule has 0 saturated carbocycles. The van der Waals surface area contributed by atoms with Gasteiger partial charge in [0.15, 0.2) is 5.78 Å². The molecule has 3 N–H and O–H groups in total. The minimum atomic E-state index is -0.583. The third-order valence-corrected chi connectivity index (χ3v) is 3.37. The van der Waals surface area contributed by atoms with Crippen molar-refractivity contribution in [2.75, 3.05) is 12.3 Å². The summed E-state index contributed by atoms with van der Waals surface area (Å²) < 4.78 is 5.27. The summed E-state index contributed by atoms with van der Waals surface area (Å²) in [6, 6.07) is 7.70. The first kappa shape index (κ1) is 14.0. The van der Waals surface area contributed by atoms with Crippen molar-refractivity contribution in [1.29, 1.82) is 0 Å². The fraction of sp³-hybridized carbons (Fsp3) is 0.533. The second-order valence-corrected chi connectivity index (χ2v) is 5.70. The summed E-state index contributed by atoms with van der Waals surface area (Å²) in [4.78, 5) is 12.4. The van der Waals surface area contributed by atoms with Gasteiger partial charge in [-0.25, -0.2) is 0 Å². The molecule has 4 heteroatoms. The zero-order valence-corrected chi connectivity index (χ0v) is 11.8. The summed E-state index contributed by atoms with van der Waals surface area (Å²) >= 11 is 0. The molecule has 1 aromatic rings. The molecule has 104 valence electrons. The van der Waals surface area contributed by atoms with Gasteiger partial charge in [-0.2, -0.15) is 0 Å². The van der Waals surface area contributed by atoms with E-state index in [-0.39, 0.29) is 17.9 Å². The average Bonchev–Trinajstić information content (AvgIpc) is 3.09. The molecule has 0 aliphatic carbocycles. The number of Topliss-reactive ketones (excluding diaryl/α,β-unsaturated/α-hetero) is 1. The Morgan fingerprint density at radius 1 is 1.42 bits per heavy atom. The highest BCUT2D eigenvalue weighted by Crippen LogP contribution is 2.29. The molecule has 1 aliphatic heterocycles. The summed E-state index contributed by atoms with van der Waals surface area (Å²) in [6.07, 6.45) is 0.663. The lowest BCUT2D eigenvalue weighted by Gasteiger charge is -2.22. The molecule has 1 heterocycles. The van der Waals surface area contributed by atoms with Crippen molar-refractivity contribution in [3.05, 3.63) is 29.8 Å². The second-order valence-electron chi connectivity index (χ2n) is 5.70. The Hall–Kier alpha value is -1.39. The van der Waals surface area contributed by atoms with Crippen molar-refractivity contribution in [2.24, 2.45) is 0 Å². The van der Waals surface area contributed by atoms with Crippen molar-refractivity contribution in [3.8, 4) is 0 Å². The minimum Gasteiger partial charge on any atom is -0.399 e. The molecular formula is C15H22N2O2. The van der Waals surface area contributed by atoms with Crippen LogP contribution in [-0.2, 0) is 16.0 Å². The van der Waals surface area contributed by atoms with E-state index in [1.54, 1.807) is 0 Å². The van der Waals surface area contributed by atoms with E-state index in [4.69, 9.17) is 10.5 Å². The Kier molecular flexibility index (Phi) is 3.92. The number of carbonyl (C=O) groups is 1. The Balaban J connectivity index is 2.09. The molecule has 19 heavy (non-hydrogen) atoms. The summed E-state index contributed by atoms with van der Waals surface area (Å²) in [5.41, 5.74) is 6.93. The molecule has 0 amide bonds. The van der Waals surface area contributed by atoms with Gasteiger partial charge in [0.1, 0.15) is 5.60 Å². The van der Waals surface area contributed by atoms with Crippen LogP contribution < -0.4 is 11.1 Å². The summed E-state index contributed by atoms with van der Waals surface area (Å²) in [5, 5.41) is 3.33. The second kappa shape index (κ2) is 5.31. The van der Waals surface area contributed by atoms with Gasteiger partial charge in [-0.05, 0) is 31.0 Å². The molecule has 0 bridgehead atoms. The standard InChI is InChI=1S/C15H22N2O2/c1-10(2)17-13(14(18)15(3)9-19-15)8-11-4-6-12(16)7-5-11/h4-7,10,13,17H,8-9,16H2,1-3H3/t13-,15+/m0/s1. The van der Waals surface area contributed by atoms with E-state index >= 15 is 0 Å². The first-order chi connectivity index (χ1) is 8.90. The van der Waals surface area contributed by atoms with Gasteiger partial charge in [0.2, 0.25) is 0 Å². The number of nitrogens with two attached hydrogens (primary N) is 1. The van der Waals surface area contributed by atoms with E-state index < -0.39 is 5.60 Å². The Morgan fingerprint density at radius 2 is 2.00 bits per heavy atom. The molecule has 0 spiro atoms. The van der Waals surface area contributed by atoms with Gasteiger partial charge in [0.05, 0.1) is 12.6 Å². The fourth-order valence-corrected chi connectivity index (χ4v) is 2.14. The zero-order valence-electron chi connectivity index (χ0n) is 11.8. The molecule has 0 unspecified atom stereocenters. The van der Waals surface area contributed by atoms with E-state index in [0.29, 0.717) is 13.0 Å². The van der Waals surface area contributed by atoms with E-state index in [1.807, 2.05) is 45.0 Å². The summed E-state index contributed by atoms with van der Waals surface area (Å²) in [5.74, 6) is 0.137. The maximum Gasteiger partial charge on any atom is 0.183 e. The van der Waals surface area contributed by atoms with Gasteiger partial charge in [0, 0.05) is 11.7 Å². The van der Waals surface area contributed by atoms with Crippen LogP contribution in [0.1, 0.15) is 26.3 Å². The number of nitrogens with one attached hydrogen (secondary N) is 1. The zero-order chi connectivity index (χ0) is 14.0. The minimum absolute atomic E-state index is 0.137. The van der Waals surface area contributed by atoms with E-state index in [1.165, 1.54) is 0 Å². The molecule has 1 aromatic carbocycles. The van der Waals surface area contributed by atoms with Gasteiger partial charge in [-0.1, -0.05) is 26.0 Å². The number of ketones is 1. The third kappa shape index (κ3) is 3.55. The maximum atomic E-state index is 12.4. The van der Waals surface area contributed by atoms with Crippen LogP contribution in [0.2, 0.25) is 0 Å². The highest BCUT2D eigenvalue weighted by atomic mass is 16.6. The lowest BCUT2D eigenvalue weighted by molar-refractivity contribution is -0.125. The number of benzene rings is 1. The van der Waals surface area contributed by atoms with Crippen LogP contribution in [0.25, 0.3) is 0 Å². The molecule has 1 fully saturated rings. The van der Waals surface area contributed by atoms with Crippen LogP contribution in [-0.4, -0.2) is 30.1 Å². The molecule has 0 radical (unpaired) electrons. The molecule has 1 aliphatic rings. The number of ether oxygens (including phenoxy) is 1. The molecule has 2 rings (SSSR count). The van der Waals surface area contributed by atoms with Crippen molar-refractivity contribution >= 4 is 11.5 Å². The van der Waals surface area contributed by atoms with Gasteiger partial charge >= 0.3 is 0 Å². The van der Waals surface area contributed by atoms with Gasteiger partial charge in [0.25, 0.3) is 0 Å². The first-order valence-corrected chi connectivity index (χ1v) is 6.69. The lowest BCUT2D eigenvalue weighted by atomic mass is 9.94. The largest absolute Gasteiger partial charge is 0.399 e. The number of nitrogen functional groups attached to an aromatic ring is 1. The first-order valence-electron chi connectivity index (χ1n) is 6.69. The smallest absolute Gasteiger partial charge is 0.183 e. The molecule has 1 saturated heterocycles. The average molecular weight is 262 g/mol. The van der Waals surface area contributed by atoms with E-state index in [0.717, 1.165) is 11.3 Å².